The average Bonchev–Trinajstić information content (AvgIpc) is 1.65. The van der Waals surface area contributed by atoms with Crippen molar-refractivity contribution in [2.24, 2.45) is 0 Å². The van der Waals surface area contributed by atoms with E-state index < -0.39 is 11.5 Å². The van der Waals surface area contributed by atoms with Crippen LogP contribution >= 0.6 is 11.6 Å². The lowest BCUT2D eigenvalue weighted by atomic mass is 10.3. The lowest BCUT2D eigenvalue weighted by Gasteiger charge is -1.99. The molecule has 0 aliphatic rings. The van der Waals surface area contributed by atoms with Crippen LogP contribution in [0, 0.1) is 11.3 Å². The van der Waals surface area contributed by atoms with Crippen LogP contribution in [0.15, 0.2) is 0 Å². The highest BCUT2D eigenvalue weighted by atomic mass is 35.5. The third-order valence-corrected chi connectivity index (χ3v) is 1.01. The molecular weight excluding hydrogens is 114 g/mol. The predicted octanol–water partition coefficient (Wildman–Crippen LogP) is 0.498. The van der Waals surface area contributed by atoms with Gasteiger partial charge in [-0.25, -0.2) is 0 Å². The quantitative estimate of drug-likeness (QED) is 0.511. The molecule has 0 heterocycles. The maximum absolute atomic E-state index is 8.47. The van der Waals surface area contributed by atoms with E-state index in [1.807, 2.05) is 0 Å². The maximum Gasteiger partial charge on any atom is 0.146 e. The molecule has 0 aromatic heterocycles. The average molecular weight is 120 g/mol. The summed E-state index contributed by atoms with van der Waals surface area (Å²) in [7, 11) is 0. The van der Waals surface area contributed by atoms with Gasteiger partial charge in [0.15, 0.2) is 0 Å². The normalized spacial score (nSPS) is 17.4. The van der Waals surface area contributed by atoms with Gasteiger partial charge in [-0.05, 0) is 6.92 Å². The molecule has 0 aromatic rings. The summed E-state index contributed by atoms with van der Waals surface area (Å²) in [6, 6.07) is 1.68. The highest BCUT2D eigenvalue weighted by Crippen LogP contribution is 1.97. The summed E-state index contributed by atoms with van der Waals surface area (Å²) >= 11 is 5.19. The number of rotatable bonds is 1. The van der Waals surface area contributed by atoms with Gasteiger partial charge in [0.25, 0.3) is 0 Å². The molecule has 1 N–H and O–H groups in total. The van der Waals surface area contributed by atoms with Gasteiger partial charge in [0.2, 0.25) is 0 Å². The Bertz CT molecular complexity index is 86.2. The van der Waals surface area contributed by atoms with Crippen molar-refractivity contribution >= 4 is 11.6 Å². The van der Waals surface area contributed by atoms with Gasteiger partial charge in [0.1, 0.15) is 5.38 Å². The van der Waals surface area contributed by atoms with E-state index in [2.05, 4.69) is 0 Å². The lowest BCUT2D eigenvalue weighted by molar-refractivity contribution is 0.203. The smallest absolute Gasteiger partial charge is 0.146 e. The summed E-state index contributed by atoms with van der Waals surface area (Å²) in [4.78, 5) is 0. The number of nitriles is 1. The fraction of sp³-hybridized carbons (Fsp3) is 0.750. The van der Waals surface area contributed by atoms with E-state index in [-0.39, 0.29) is 0 Å². The fourth-order valence-corrected chi connectivity index (χ4v) is 0.108. The molecule has 0 bridgehead atoms. The number of hydrogen-bond acceptors (Lipinski definition) is 2. The van der Waals surface area contributed by atoms with Crippen LogP contribution in [0.5, 0.6) is 0 Å². The first-order valence-electron chi connectivity index (χ1n) is 1.90. The number of alkyl halides is 1. The molecule has 0 aliphatic carbocycles. The van der Waals surface area contributed by atoms with Crippen molar-refractivity contribution in [3.63, 3.8) is 0 Å². The first kappa shape index (κ1) is 6.74. The molecule has 0 saturated carbocycles. The third kappa shape index (κ3) is 2.44. The number of nitrogens with zero attached hydrogens (tertiary/aromatic N) is 1. The minimum atomic E-state index is -0.764. The SMILES string of the molecule is CC(O)[C@H](Cl)C#N. The Morgan fingerprint density at radius 3 is 2.29 bits per heavy atom. The molecule has 7 heavy (non-hydrogen) atoms. The van der Waals surface area contributed by atoms with Crippen molar-refractivity contribution in [2.45, 2.75) is 18.4 Å². The molecule has 2 atom stereocenters. The van der Waals surface area contributed by atoms with E-state index in [0.29, 0.717) is 0 Å². The first-order valence-corrected chi connectivity index (χ1v) is 2.34. The van der Waals surface area contributed by atoms with Crippen LogP contribution in [0.1, 0.15) is 6.92 Å². The molecule has 0 spiro atoms. The molecule has 1 unspecified atom stereocenters. The van der Waals surface area contributed by atoms with Crippen molar-refractivity contribution in [1.29, 1.82) is 5.26 Å². The molecule has 40 valence electrons. The topological polar surface area (TPSA) is 44.0 Å². The van der Waals surface area contributed by atoms with Gasteiger partial charge < -0.3 is 5.11 Å². The molecule has 0 amide bonds. The molecule has 0 radical (unpaired) electrons. The molecule has 0 rings (SSSR count). The Kier molecular flexibility index (Phi) is 2.73. The van der Waals surface area contributed by atoms with Crippen LogP contribution < -0.4 is 0 Å². The van der Waals surface area contributed by atoms with E-state index in [1.165, 1.54) is 6.92 Å². The Balaban J connectivity index is 3.40. The van der Waals surface area contributed by atoms with E-state index in [0.717, 1.165) is 0 Å². The summed E-state index contributed by atoms with van der Waals surface area (Å²) in [5, 5.41) is 15.7. The minimum absolute atomic E-state index is 0.730. The Morgan fingerprint density at radius 2 is 2.29 bits per heavy atom. The van der Waals surface area contributed by atoms with Gasteiger partial charge in [-0.3, -0.25) is 0 Å². The van der Waals surface area contributed by atoms with Crippen LogP contribution in [0.3, 0.4) is 0 Å². The molecule has 0 fully saturated rings. The van der Waals surface area contributed by atoms with Crippen LogP contribution in [-0.2, 0) is 0 Å². The number of halogens is 1. The van der Waals surface area contributed by atoms with Gasteiger partial charge in [0.05, 0.1) is 12.2 Å². The highest BCUT2D eigenvalue weighted by Gasteiger charge is 2.07. The van der Waals surface area contributed by atoms with Gasteiger partial charge in [-0.2, -0.15) is 5.26 Å². The van der Waals surface area contributed by atoms with E-state index in [9.17, 15) is 0 Å². The standard InChI is InChI=1S/C4H6ClNO/c1-3(7)4(5)2-6/h3-4,7H,1H3/t3?,4-/m1/s1. The van der Waals surface area contributed by atoms with Crippen LogP contribution in [0.25, 0.3) is 0 Å². The summed E-state index contributed by atoms with van der Waals surface area (Å²) in [6.45, 7) is 1.47. The van der Waals surface area contributed by atoms with Crippen molar-refractivity contribution < 1.29 is 5.11 Å². The second-order valence-electron chi connectivity index (χ2n) is 1.27. The number of aliphatic hydroxyl groups is 1. The van der Waals surface area contributed by atoms with E-state index in [4.69, 9.17) is 22.0 Å². The molecular formula is C4H6ClNO. The molecule has 2 nitrogen and oxygen atoms in total. The van der Waals surface area contributed by atoms with Crippen molar-refractivity contribution in [1.82, 2.24) is 0 Å². The monoisotopic (exact) mass is 119 g/mol. The highest BCUT2D eigenvalue weighted by molar-refractivity contribution is 6.22. The van der Waals surface area contributed by atoms with E-state index in [1.54, 1.807) is 6.07 Å². The molecule has 0 aromatic carbocycles. The second kappa shape index (κ2) is 2.84. The Morgan fingerprint density at radius 1 is 1.86 bits per heavy atom. The van der Waals surface area contributed by atoms with Crippen molar-refractivity contribution in [3.8, 4) is 6.07 Å². The van der Waals surface area contributed by atoms with Gasteiger partial charge >= 0.3 is 0 Å². The van der Waals surface area contributed by atoms with Crippen LogP contribution in [0.2, 0.25) is 0 Å². The van der Waals surface area contributed by atoms with Gasteiger partial charge in [0, 0.05) is 0 Å². The van der Waals surface area contributed by atoms with Crippen molar-refractivity contribution in [3.05, 3.63) is 0 Å². The zero-order chi connectivity index (χ0) is 5.86. The summed E-state index contributed by atoms with van der Waals surface area (Å²) < 4.78 is 0. The molecule has 0 aliphatic heterocycles. The number of hydrogen-bond donors (Lipinski definition) is 1. The Hall–Kier alpha value is -0.260. The first-order chi connectivity index (χ1) is 3.18. The van der Waals surface area contributed by atoms with E-state index >= 15 is 0 Å². The van der Waals surface area contributed by atoms with Crippen LogP contribution in [-0.4, -0.2) is 16.6 Å². The van der Waals surface area contributed by atoms with Gasteiger partial charge in [-0.1, -0.05) is 0 Å². The molecule has 3 heteroatoms. The Labute approximate surface area is 47.3 Å². The number of aliphatic hydroxyl groups excluding tert-OH is 1. The summed E-state index contributed by atoms with van der Waals surface area (Å²) in [5.74, 6) is 0. The fourth-order valence-electron chi connectivity index (χ4n) is 0.108. The predicted molar refractivity (Wildman–Crippen MR) is 26.9 cm³/mol. The van der Waals surface area contributed by atoms with Crippen LogP contribution in [0.4, 0.5) is 0 Å². The second-order valence-corrected chi connectivity index (χ2v) is 1.74. The summed E-state index contributed by atoms with van der Waals surface area (Å²) in [6.07, 6.45) is -0.730. The zero-order valence-electron chi connectivity index (χ0n) is 3.93. The third-order valence-electron chi connectivity index (χ3n) is 0.547. The van der Waals surface area contributed by atoms with Gasteiger partial charge in [-0.15, -0.1) is 11.6 Å². The largest absolute Gasteiger partial charge is 0.391 e. The lowest BCUT2D eigenvalue weighted by Crippen LogP contribution is -2.13. The zero-order valence-corrected chi connectivity index (χ0v) is 4.68. The minimum Gasteiger partial charge on any atom is -0.391 e. The maximum atomic E-state index is 8.47. The molecule has 0 saturated heterocycles. The van der Waals surface area contributed by atoms with Crippen molar-refractivity contribution in [2.75, 3.05) is 0 Å². The summed E-state index contributed by atoms with van der Waals surface area (Å²) in [5.41, 5.74) is 0.